The van der Waals surface area contributed by atoms with Crippen LogP contribution in [0, 0.1) is 5.82 Å². The number of hydrogen-bond donors (Lipinski definition) is 2. The van der Waals surface area contributed by atoms with Gasteiger partial charge in [0.25, 0.3) is 0 Å². The van der Waals surface area contributed by atoms with Crippen LogP contribution in [0.3, 0.4) is 0 Å². The summed E-state index contributed by atoms with van der Waals surface area (Å²) in [5.41, 5.74) is 6.32. The number of nitrogens with one attached hydrogen (secondary N) is 1. The van der Waals surface area contributed by atoms with E-state index in [1.165, 1.54) is 11.0 Å². The van der Waals surface area contributed by atoms with Crippen LogP contribution in [0.1, 0.15) is 26.3 Å². The fraction of sp³-hybridized carbons (Fsp3) is 0.500. The van der Waals surface area contributed by atoms with Gasteiger partial charge in [-0.3, -0.25) is 4.79 Å². The molecule has 3 N–H and O–H groups in total. The Morgan fingerprint density at radius 2 is 2.05 bits per heavy atom. The van der Waals surface area contributed by atoms with E-state index in [4.69, 9.17) is 5.73 Å². The normalized spacial score (nSPS) is 11.4. The first-order chi connectivity index (χ1) is 8.69. The van der Waals surface area contributed by atoms with Gasteiger partial charge in [0.15, 0.2) is 0 Å². The number of carbonyl (C=O) groups excluding carboxylic acids is 1. The molecule has 0 bridgehead atoms. The van der Waals surface area contributed by atoms with Crippen molar-refractivity contribution >= 4 is 11.6 Å². The van der Waals surface area contributed by atoms with E-state index in [0.29, 0.717) is 12.2 Å². The lowest BCUT2D eigenvalue weighted by Crippen LogP contribution is -2.35. The van der Waals surface area contributed by atoms with E-state index in [9.17, 15) is 9.18 Å². The van der Waals surface area contributed by atoms with Gasteiger partial charge < -0.3 is 16.0 Å². The lowest BCUT2D eigenvalue weighted by Gasteiger charge is -2.22. The summed E-state index contributed by atoms with van der Waals surface area (Å²) in [6.45, 7) is 6.76. The number of primary amides is 1. The summed E-state index contributed by atoms with van der Waals surface area (Å²) >= 11 is 0. The van der Waals surface area contributed by atoms with E-state index >= 15 is 0 Å². The largest absolute Gasteiger partial charge is 0.368 e. The standard InChI is InChI=1S/C14H22FN3O/c1-14(2,3)17-8-10-5-6-12(11(15)7-10)18(4)9-13(16)19/h5-7,17H,8-9H2,1-4H3,(H2,16,19). The van der Waals surface area contributed by atoms with Crippen molar-refractivity contribution in [1.82, 2.24) is 5.32 Å². The maximum atomic E-state index is 13.9. The Morgan fingerprint density at radius 1 is 1.42 bits per heavy atom. The smallest absolute Gasteiger partial charge is 0.236 e. The van der Waals surface area contributed by atoms with Crippen molar-refractivity contribution in [2.45, 2.75) is 32.9 Å². The number of carbonyl (C=O) groups is 1. The summed E-state index contributed by atoms with van der Waals surface area (Å²) in [7, 11) is 1.64. The summed E-state index contributed by atoms with van der Waals surface area (Å²) in [4.78, 5) is 12.3. The van der Waals surface area contributed by atoms with E-state index in [1.54, 1.807) is 13.1 Å². The summed E-state index contributed by atoms with van der Waals surface area (Å²) in [5.74, 6) is -0.836. The summed E-state index contributed by atoms with van der Waals surface area (Å²) < 4.78 is 13.9. The lowest BCUT2D eigenvalue weighted by molar-refractivity contribution is -0.116. The quantitative estimate of drug-likeness (QED) is 0.852. The topological polar surface area (TPSA) is 58.4 Å². The Kier molecular flexibility index (Phi) is 4.89. The Balaban J connectivity index is 2.77. The van der Waals surface area contributed by atoms with Gasteiger partial charge >= 0.3 is 0 Å². The monoisotopic (exact) mass is 267 g/mol. The minimum Gasteiger partial charge on any atom is -0.368 e. The highest BCUT2D eigenvalue weighted by atomic mass is 19.1. The second-order valence-corrected chi connectivity index (χ2v) is 5.71. The first-order valence-corrected chi connectivity index (χ1v) is 6.22. The molecule has 0 heterocycles. The molecule has 1 amide bonds. The van der Waals surface area contributed by atoms with E-state index < -0.39 is 5.91 Å². The van der Waals surface area contributed by atoms with E-state index in [-0.39, 0.29) is 17.9 Å². The molecule has 1 aromatic carbocycles. The van der Waals surface area contributed by atoms with Crippen LogP contribution in [-0.4, -0.2) is 25.0 Å². The zero-order chi connectivity index (χ0) is 14.6. The van der Waals surface area contributed by atoms with Crippen molar-refractivity contribution in [3.63, 3.8) is 0 Å². The molecular weight excluding hydrogens is 245 g/mol. The van der Waals surface area contributed by atoms with Gasteiger partial charge in [0.2, 0.25) is 5.91 Å². The van der Waals surface area contributed by atoms with Gasteiger partial charge in [-0.25, -0.2) is 4.39 Å². The van der Waals surface area contributed by atoms with Crippen LogP contribution in [0.15, 0.2) is 18.2 Å². The summed E-state index contributed by atoms with van der Waals surface area (Å²) in [6.07, 6.45) is 0. The molecule has 0 aromatic heterocycles. The molecule has 5 heteroatoms. The molecule has 0 unspecified atom stereocenters. The van der Waals surface area contributed by atoms with Gasteiger partial charge in [-0.1, -0.05) is 6.07 Å². The third kappa shape index (κ3) is 5.26. The average Bonchev–Trinajstić information content (AvgIpc) is 2.24. The second-order valence-electron chi connectivity index (χ2n) is 5.71. The fourth-order valence-electron chi connectivity index (χ4n) is 1.66. The van der Waals surface area contributed by atoms with Crippen molar-refractivity contribution in [1.29, 1.82) is 0 Å². The molecular formula is C14H22FN3O. The minimum atomic E-state index is -0.486. The molecule has 0 spiro atoms. The van der Waals surface area contributed by atoms with Gasteiger partial charge in [0.1, 0.15) is 5.82 Å². The van der Waals surface area contributed by atoms with Crippen molar-refractivity contribution in [3.05, 3.63) is 29.6 Å². The van der Waals surface area contributed by atoms with Crippen molar-refractivity contribution in [3.8, 4) is 0 Å². The molecule has 106 valence electrons. The van der Waals surface area contributed by atoms with Crippen LogP contribution in [0.2, 0.25) is 0 Å². The summed E-state index contributed by atoms with van der Waals surface area (Å²) in [6, 6.07) is 4.98. The molecule has 0 fully saturated rings. The molecule has 0 aliphatic rings. The fourth-order valence-corrected chi connectivity index (χ4v) is 1.66. The Morgan fingerprint density at radius 3 is 2.53 bits per heavy atom. The van der Waals surface area contributed by atoms with Gasteiger partial charge in [-0.05, 0) is 38.5 Å². The van der Waals surface area contributed by atoms with Gasteiger partial charge in [-0.15, -0.1) is 0 Å². The number of benzene rings is 1. The van der Waals surface area contributed by atoms with Crippen molar-refractivity contribution < 1.29 is 9.18 Å². The first-order valence-electron chi connectivity index (χ1n) is 6.22. The van der Waals surface area contributed by atoms with Crippen LogP contribution >= 0.6 is 0 Å². The number of amides is 1. The van der Waals surface area contributed by atoms with Crippen LogP contribution in [-0.2, 0) is 11.3 Å². The highest BCUT2D eigenvalue weighted by Crippen LogP contribution is 2.19. The highest BCUT2D eigenvalue weighted by molar-refractivity contribution is 5.79. The number of nitrogens with two attached hydrogens (primary N) is 1. The maximum absolute atomic E-state index is 13.9. The molecule has 0 radical (unpaired) electrons. The third-order valence-electron chi connectivity index (χ3n) is 2.64. The number of anilines is 1. The SMILES string of the molecule is CN(CC(N)=O)c1ccc(CNC(C)(C)C)cc1F. The average molecular weight is 267 g/mol. The third-order valence-corrected chi connectivity index (χ3v) is 2.64. The molecule has 0 aliphatic carbocycles. The molecule has 1 rings (SSSR count). The predicted octanol–water partition coefficient (Wildman–Crippen LogP) is 1.64. The van der Waals surface area contributed by atoms with Gasteiger partial charge in [0.05, 0.1) is 12.2 Å². The molecule has 0 aliphatic heterocycles. The van der Waals surface area contributed by atoms with Gasteiger partial charge in [-0.2, -0.15) is 0 Å². The van der Waals surface area contributed by atoms with Crippen LogP contribution < -0.4 is 16.0 Å². The zero-order valence-corrected chi connectivity index (χ0v) is 12.0. The first kappa shape index (κ1) is 15.4. The predicted molar refractivity (Wildman–Crippen MR) is 75.5 cm³/mol. The maximum Gasteiger partial charge on any atom is 0.236 e. The van der Waals surface area contributed by atoms with Crippen LogP contribution in [0.25, 0.3) is 0 Å². The second kappa shape index (κ2) is 6.02. The molecule has 19 heavy (non-hydrogen) atoms. The lowest BCUT2D eigenvalue weighted by atomic mass is 10.1. The zero-order valence-electron chi connectivity index (χ0n) is 12.0. The van der Waals surface area contributed by atoms with E-state index in [0.717, 1.165) is 5.56 Å². The number of rotatable bonds is 5. The molecule has 0 saturated heterocycles. The molecule has 0 atom stereocenters. The number of hydrogen-bond acceptors (Lipinski definition) is 3. The molecule has 1 aromatic rings. The van der Waals surface area contributed by atoms with Crippen LogP contribution in [0.4, 0.5) is 10.1 Å². The highest BCUT2D eigenvalue weighted by Gasteiger charge is 2.12. The van der Waals surface area contributed by atoms with Crippen molar-refractivity contribution in [2.75, 3.05) is 18.5 Å². The van der Waals surface area contributed by atoms with Crippen LogP contribution in [0.5, 0.6) is 0 Å². The Labute approximate surface area is 113 Å². The number of likely N-dealkylation sites (N-methyl/N-ethyl adjacent to an activating group) is 1. The number of halogens is 1. The molecule has 4 nitrogen and oxygen atoms in total. The van der Waals surface area contributed by atoms with Gasteiger partial charge in [0, 0.05) is 19.1 Å². The van der Waals surface area contributed by atoms with E-state index in [2.05, 4.69) is 26.1 Å². The Hall–Kier alpha value is -1.62. The Bertz CT molecular complexity index is 454. The molecule has 0 saturated carbocycles. The van der Waals surface area contributed by atoms with E-state index in [1.807, 2.05) is 6.07 Å². The minimum absolute atomic E-state index is 0.00346. The number of nitrogens with zero attached hydrogens (tertiary/aromatic N) is 1. The van der Waals surface area contributed by atoms with Crippen molar-refractivity contribution in [2.24, 2.45) is 5.73 Å². The summed E-state index contributed by atoms with van der Waals surface area (Å²) in [5, 5.41) is 3.29.